The molecule has 5 rings (SSSR count). The van der Waals surface area contributed by atoms with Crippen molar-refractivity contribution in [1.29, 1.82) is 0 Å². The highest BCUT2D eigenvalue weighted by Crippen LogP contribution is 2.35. The summed E-state index contributed by atoms with van der Waals surface area (Å²) in [5.74, 6) is 0.240. The van der Waals surface area contributed by atoms with Gasteiger partial charge in [0.1, 0.15) is 18.0 Å². The number of alkyl halides is 3. The van der Waals surface area contributed by atoms with Gasteiger partial charge in [-0.2, -0.15) is 13.2 Å². The largest absolute Gasteiger partial charge is 0.482 e. The van der Waals surface area contributed by atoms with Gasteiger partial charge in [-0.1, -0.05) is 18.2 Å². The number of nitrogens with one attached hydrogen (secondary N) is 1. The first-order valence-corrected chi connectivity index (χ1v) is 14.7. The lowest BCUT2D eigenvalue weighted by atomic mass is 9.87. The first-order valence-electron chi connectivity index (χ1n) is 13.6. The molecule has 3 atom stereocenters. The standard InChI is InChI=1S/C31H28F3IN2O7/c32-31(33,34)21-8-6-19(7-9-21)30(41)37(16-18-5-10-25-26(13-18)43-17-42-25)23-14-20(29(40)36-11-12-38)15-27(28(23)39)44-24-4-2-1-3-22(24)35/h1-10,13,15,23,27-28,38-39H,11-12,14,16-17H2,(H,36,40). The van der Waals surface area contributed by atoms with Crippen molar-refractivity contribution in [3.63, 3.8) is 0 Å². The number of halogens is 4. The van der Waals surface area contributed by atoms with Gasteiger partial charge < -0.3 is 34.6 Å². The van der Waals surface area contributed by atoms with Crippen molar-refractivity contribution in [3.05, 3.63) is 98.6 Å². The summed E-state index contributed by atoms with van der Waals surface area (Å²) >= 11 is 2.07. The summed E-state index contributed by atoms with van der Waals surface area (Å²) in [7, 11) is 0. The molecule has 3 aromatic rings. The fraction of sp³-hybridized carbons (Fsp3) is 0.290. The molecule has 9 nitrogen and oxygen atoms in total. The molecule has 1 heterocycles. The maximum absolute atomic E-state index is 14.0. The van der Waals surface area contributed by atoms with Gasteiger partial charge in [0.05, 0.1) is 21.8 Å². The van der Waals surface area contributed by atoms with Crippen LogP contribution in [0.3, 0.4) is 0 Å². The van der Waals surface area contributed by atoms with Gasteiger partial charge in [-0.05, 0) is 82.8 Å². The van der Waals surface area contributed by atoms with Crippen LogP contribution >= 0.6 is 22.6 Å². The summed E-state index contributed by atoms with van der Waals surface area (Å²) in [6, 6.07) is 14.9. The Labute approximate surface area is 264 Å². The van der Waals surface area contributed by atoms with Crippen LogP contribution in [0.25, 0.3) is 0 Å². The van der Waals surface area contributed by atoms with Crippen molar-refractivity contribution < 1.29 is 47.2 Å². The lowest BCUT2D eigenvalue weighted by molar-refractivity contribution is -0.137. The Morgan fingerprint density at radius 1 is 1.05 bits per heavy atom. The van der Waals surface area contributed by atoms with E-state index in [1.165, 1.54) is 11.0 Å². The van der Waals surface area contributed by atoms with E-state index in [2.05, 4.69) is 27.9 Å². The molecule has 2 amide bonds. The number of rotatable bonds is 9. The van der Waals surface area contributed by atoms with E-state index in [-0.39, 0.29) is 44.0 Å². The van der Waals surface area contributed by atoms with Gasteiger partial charge >= 0.3 is 6.18 Å². The Morgan fingerprint density at radius 2 is 1.77 bits per heavy atom. The second-order valence-electron chi connectivity index (χ2n) is 10.1. The SMILES string of the molecule is O=C(NCCO)C1=CC(Oc2ccccc2I)C(O)C(N(Cc2ccc3c(c2)OCO3)C(=O)c2ccc(C(F)(F)F)cc2)C1. The van der Waals surface area contributed by atoms with Crippen LogP contribution in [-0.4, -0.2) is 65.1 Å². The molecule has 3 N–H and O–H groups in total. The minimum atomic E-state index is -4.59. The van der Waals surface area contributed by atoms with E-state index in [9.17, 15) is 33.0 Å². The summed E-state index contributed by atoms with van der Waals surface area (Å²) in [4.78, 5) is 28.4. The summed E-state index contributed by atoms with van der Waals surface area (Å²) in [6.07, 6.45) is -5.61. The van der Waals surface area contributed by atoms with Crippen LogP contribution in [-0.2, 0) is 17.5 Å². The molecule has 0 aromatic heterocycles. The average Bonchev–Trinajstić information content (AvgIpc) is 3.48. The van der Waals surface area contributed by atoms with E-state index in [1.807, 2.05) is 6.07 Å². The number of para-hydroxylation sites is 1. The molecule has 0 saturated carbocycles. The second kappa shape index (κ2) is 13.4. The Kier molecular flexibility index (Phi) is 9.65. The molecule has 3 unspecified atom stereocenters. The van der Waals surface area contributed by atoms with Crippen molar-refractivity contribution in [2.24, 2.45) is 0 Å². The molecule has 0 fully saturated rings. The topological polar surface area (TPSA) is 118 Å². The van der Waals surface area contributed by atoms with Gasteiger partial charge in [-0.3, -0.25) is 9.59 Å². The van der Waals surface area contributed by atoms with Crippen molar-refractivity contribution in [2.75, 3.05) is 19.9 Å². The maximum atomic E-state index is 14.0. The molecule has 1 aliphatic carbocycles. The van der Waals surface area contributed by atoms with Crippen LogP contribution in [0.1, 0.15) is 27.9 Å². The Morgan fingerprint density at radius 3 is 2.48 bits per heavy atom. The van der Waals surface area contributed by atoms with E-state index in [1.54, 1.807) is 36.4 Å². The van der Waals surface area contributed by atoms with Gasteiger partial charge in [0.15, 0.2) is 11.5 Å². The number of amides is 2. The van der Waals surface area contributed by atoms with Crippen LogP contribution in [0.15, 0.2) is 78.4 Å². The number of fused-ring (bicyclic) bond motifs is 1. The van der Waals surface area contributed by atoms with Gasteiger partial charge in [-0.25, -0.2) is 0 Å². The van der Waals surface area contributed by atoms with Crippen molar-refractivity contribution >= 4 is 34.4 Å². The first kappa shape index (κ1) is 31.6. The predicted molar refractivity (Wildman–Crippen MR) is 160 cm³/mol. The minimum absolute atomic E-state index is 0.0170. The number of nitrogens with zero attached hydrogens (tertiary/aromatic N) is 1. The van der Waals surface area contributed by atoms with Crippen molar-refractivity contribution in [2.45, 2.75) is 37.4 Å². The summed E-state index contributed by atoms with van der Waals surface area (Å²) < 4.78 is 57.5. The van der Waals surface area contributed by atoms with Crippen LogP contribution in [0.2, 0.25) is 0 Å². The quantitative estimate of drug-likeness (QED) is 0.282. The zero-order valence-electron chi connectivity index (χ0n) is 23.1. The number of benzene rings is 3. The number of ether oxygens (including phenoxy) is 3. The number of carbonyl (C=O) groups is 2. The van der Waals surface area contributed by atoms with Gasteiger partial charge in [0, 0.05) is 30.6 Å². The van der Waals surface area contributed by atoms with Crippen LogP contribution < -0.4 is 19.5 Å². The van der Waals surface area contributed by atoms with E-state index < -0.39 is 41.8 Å². The molecular weight excluding hydrogens is 696 g/mol. The molecule has 3 aromatic carbocycles. The molecule has 44 heavy (non-hydrogen) atoms. The molecule has 0 bridgehead atoms. The molecule has 1 aliphatic heterocycles. The van der Waals surface area contributed by atoms with E-state index in [4.69, 9.17) is 14.2 Å². The van der Waals surface area contributed by atoms with E-state index in [0.717, 1.165) is 27.8 Å². The highest BCUT2D eigenvalue weighted by molar-refractivity contribution is 14.1. The molecule has 0 spiro atoms. The molecule has 2 aliphatic rings. The fourth-order valence-electron chi connectivity index (χ4n) is 5.01. The zero-order valence-corrected chi connectivity index (χ0v) is 25.2. The molecule has 13 heteroatoms. The third kappa shape index (κ3) is 7.11. The Balaban J connectivity index is 1.53. The molecular formula is C31H28F3IN2O7. The number of aliphatic hydroxyl groups excluding tert-OH is 2. The molecule has 0 radical (unpaired) electrons. The minimum Gasteiger partial charge on any atom is -0.482 e. The molecule has 232 valence electrons. The smallest absolute Gasteiger partial charge is 0.416 e. The van der Waals surface area contributed by atoms with Crippen LogP contribution in [0, 0.1) is 3.57 Å². The van der Waals surface area contributed by atoms with E-state index >= 15 is 0 Å². The highest BCUT2D eigenvalue weighted by atomic mass is 127. The van der Waals surface area contributed by atoms with Gasteiger partial charge in [0.2, 0.25) is 12.7 Å². The molecule has 0 saturated heterocycles. The monoisotopic (exact) mass is 724 g/mol. The van der Waals surface area contributed by atoms with Crippen LogP contribution in [0.5, 0.6) is 17.2 Å². The number of hydrogen-bond donors (Lipinski definition) is 3. The number of hydrogen-bond acceptors (Lipinski definition) is 7. The Bertz CT molecular complexity index is 1550. The summed E-state index contributed by atoms with van der Waals surface area (Å²) in [6.45, 7) is -0.366. The normalized spacial score (nSPS) is 19.2. The average molecular weight is 724 g/mol. The number of aliphatic hydroxyl groups is 2. The lowest BCUT2D eigenvalue weighted by Crippen LogP contribution is -2.54. The van der Waals surface area contributed by atoms with E-state index in [0.29, 0.717) is 22.8 Å². The first-order chi connectivity index (χ1) is 21.0. The third-order valence-corrected chi connectivity index (χ3v) is 8.12. The predicted octanol–water partition coefficient (Wildman–Crippen LogP) is 4.30. The fourth-order valence-corrected chi connectivity index (χ4v) is 5.52. The highest BCUT2D eigenvalue weighted by Gasteiger charge is 2.41. The van der Waals surface area contributed by atoms with Gasteiger partial charge in [0.25, 0.3) is 5.91 Å². The second-order valence-corrected chi connectivity index (χ2v) is 11.3. The summed E-state index contributed by atoms with van der Waals surface area (Å²) in [5.41, 5.74) is -0.147. The van der Waals surface area contributed by atoms with Gasteiger partial charge in [-0.15, -0.1) is 0 Å². The Hall–Kier alpha value is -3.82. The number of carbonyl (C=O) groups excluding carboxylic acids is 2. The van der Waals surface area contributed by atoms with Crippen LogP contribution in [0.4, 0.5) is 13.2 Å². The van der Waals surface area contributed by atoms with Crippen molar-refractivity contribution in [3.8, 4) is 17.2 Å². The third-order valence-electron chi connectivity index (χ3n) is 7.22. The lowest BCUT2D eigenvalue weighted by Gasteiger charge is -2.40. The maximum Gasteiger partial charge on any atom is 0.416 e. The zero-order chi connectivity index (χ0) is 31.4. The summed E-state index contributed by atoms with van der Waals surface area (Å²) in [5, 5.41) is 23.5. The van der Waals surface area contributed by atoms with Crippen molar-refractivity contribution in [1.82, 2.24) is 10.2 Å².